The third kappa shape index (κ3) is 13.4. The van der Waals surface area contributed by atoms with Crippen LogP contribution in [0.3, 0.4) is 0 Å². The second-order valence-electron chi connectivity index (χ2n) is 21.1. The minimum Gasteiger partial charge on any atom is -0.481 e. The predicted octanol–water partition coefficient (Wildman–Crippen LogP) is 10.4. The average molecular weight is 887 g/mol. The van der Waals surface area contributed by atoms with E-state index in [0.29, 0.717) is 54.0 Å². The zero-order valence-electron chi connectivity index (χ0n) is 39.2. The molecule has 1 aliphatic heterocycles. The van der Waals surface area contributed by atoms with Crippen molar-refractivity contribution in [2.75, 3.05) is 6.61 Å². The van der Waals surface area contributed by atoms with Gasteiger partial charge in [0.05, 0.1) is 6.61 Å². The Morgan fingerprint density at radius 2 is 1.30 bits per heavy atom. The lowest BCUT2D eigenvalue weighted by molar-refractivity contribution is -0.198. The van der Waals surface area contributed by atoms with Gasteiger partial charge in [-0.3, -0.25) is 4.79 Å². The quantitative estimate of drug-likeness (QED) is 0.125. The predicted molar refractivity (Wildman–Crippen MR) is 245 cm³/mol. The fourth-order valence-electron chi connectivity index (χ4n) is 12.6. The van der Waals surface area contributed by atoms with E-state index in [1.165, 1.54) is 69.9 Å². The van der Waals surface area contributed by atoms with E-state index >= 15 is 0 Å². The molecule has 6 unspecified atom stereocenters. The Labute approximate surface area is 380 Å². The molecule has 4 bridgehead atoms. The van der Waals surface area contributed by atoms with Gasteiger partial charge in [0.15, 0.2) is 0 Å². The number of carbonyl (C=O) groups excluding carboxylic acids is 5. The molecule has 8 aliphatic rings. The number of esters is 5. The lowest BCUT2D eigenvalue weighted by atomic mass is 9.44. The van der Waals surface area contributed by atoms with Gasteiger partial charge in [0.25, 0.3) is 0 Å². The molecule has 0 amide bonds. The highest BCUT2D eigenvalue weighted by Crippen LogP contribution is 2.64. The maximum absolute atomic E-state index is 11.6. The van der Waals surface area contributed by atoms with E-state index in [9.17, 15) is 33.9 Å². The van der Waals surface area contributed by atoms with E-state index in [2.05, 4.69) is 63.5 Å². The fraction of sp³-hybridized carbons (Fsp3) is 0.725. The van der Waals surface area contributed by atoms with Crippen LogP contribution in [0.2, 0.25) is 0 Å². The minimum absolute atomic E-state index is 0. The zero-order valence-corrected chi connectivity index (χ0v) is 39.2. The van der Waals surface area contributed by atoms with E-state index < -0.39 is 29.6 Å². The van der Waals surface area contributed by atoms with Crippen molar-refractivity contribution in [3.8, 4) is 0 Å². The molecule has 1 saturated heterocycles. The molecule has 7 atom stereocenters. The molecule has 0 aromatic heterocycles. The highest BCUT2D eigenvalue weighted by molar-refractivity contribution is 5.85. The molecule has 12 nitrogen and oxygen atoms in total. The summed E-state index contributed by atoms with van der Waals surface area (Å²) in [6, 6.07) is 0. The van der Waals surface area contributed by atoms with Crippen molar-refractivity contribution in [2.24, 2.45) is 58.2 Å². The molecule has 63 heavy (non-hydrogen) atoms. The van der Waals surface area contributed by atoms with Gasteiger partial charge >= 0.3 is 35.8 Å². The molecule has 0 spiro atoms. The summed E-state index contributed by atoms with van der Waals surface area (Å²) in [6.07, 6.45) is 20.0. The summed E-state index contributed by atoms with van der Waals surface area (Å²) in [5.41, 5.74) is -0.0571. The maximum atomic E-state index is 11.6. The first-order chi connectivity index (χ1) is 29.5. The number of cyclic esters (lactones) is 1. The van der Waals surface area contributed by atoms with Gasteiger partial charge in [-0.1, -0.05) is 47.1 Å². The van der Waals surface area contributed by atoms with Crippen LogP contribution in [0.15, 0.2) is 50.6 Å². The fourth-order valence-corrected chi connectivity index (χ4v) is 12.6. The van der Waals surface area contributed by atoms with Crippen molar-refractivity contribution in [3.05, 3.63) is 50.6 Å². The molecule has 12 heteroatoms. The highest BCUT2D eigenvalue weighted by Gasteiger charge is 2.58. The van der Waals surface area contributed by atoms with Crippen molar-refractivity contribution in [3.63, 3.8) is 0 Å². The van der Waals surface area contributed by atoms with Gasteiger partial charge in [0.2, 0.25) is 6.10 Å². The maximum Gasteiger partial charge on any atom is 0.347 e. The number of carboxylic acid groups (broad SMARTS) is 1. The Morgan fingerprint density at radius 3 is 1.79 bits per heavy atom. The monoisotopic (exact) mass is 887 g/mol. The van der Waals surface area contributed by atoms with Gasteiger partial charge < -0.3 is 28.8 Å². The first kappa shape index (κ1) is 51.4. The van der Waals surface area contributed by atoms with Crippen LogP contribution in [0.25, 0.3) is 0 Å². The van der Waals surface area contributed by atoms with Crippen LogP contribution in [0, 0.1) is 58.2 Å². The summed E-state index contributed by atoms with van der Waals surface area (Å²) in [5, 5.41) is 9.22. The smallest absolute Gasteiger partial charge is 0.347 e. The van der Waals surface area contributed by atoms with Gasteiger partial charge in [-0.05, 0) is 169 Å². The molecular formula is C51H82O12. The van der Waals surface area contributed by atoms with Crippen LogP contribution in [0.4, 0.5) is 0 Å². The van der Waals surface area contributed by atoms with Crippen molar-refractivity contribution in [1.29, 1.82) is 0 Å². The van der Waals surface area contributed by atoms with E-state index in [1.54, 1.807) is 0 Å². The second kappa shape index (κ2) is 21.6. The lowest BCUT2D eigenvalue weighted by Gasteiger charge is -2.61. The summed E-state index contributed by atoms with van der Waals surface area (Å²) < 4.78 is 25.3. The number of carboxylic acids is 1. The largest absolute Gasteiger partial charge is 0.481 e. The van der Waals surface area contributed by atoms with Gasteiger partial charge in [-0.15, -0.1) is 0 Å². The van der Waals surface area contributed by atoms with Gasteiger partial charge in [0, 0.05) is 41.4 Å². The van der Waals surface area contributed by atoms with E-state index in [-0.39, 0.29) is 45.7 Å². The van der Waals surface area contributed by atoms with Gasteiger partial charge in [-0.25, -0.2) is 24.0 Å². The molecule has 0 aromatic carbocycles. The van der Waals surface area contributed by atoms with Crippen LogP contribution in [-0.4, -0.2) is 70.9 Å². The van der Waals surface area contributed by atoms with Crippen LogP contribution in [0.5, 0.6) is 0 Å². The molecule has 8 rings (SSSR count). The van der Waals surface area contributed by atoms with E-state index in [1.807, 2.05) is 20.8 Å². The van der Waals surface area contributed by atoms with E-state index in [4.69, 9.17) is 14.2 Å². The highest BCUT2D eigenvalue weighted by atomic mass is 16.6. The van der Waals surface area contributed by atoms with Crippen molar-refractivity contribution < 1.29 is 61.8 Å². The molecule has 358 valence electrons. The summed E-state index contributed by atoms with van der Waals surface area (Å²) in [6.45, 7) is 28.6. The van der Waals surface area contributed by atoms with Gasteiger partial charge in [-0.2, -0.15) is 0 Å². The third-order valence-electron chi connectivity index (χ3n) is 15.6. The Morgan fingerprint density at radius 1 is 0.730 bits per heavy atom. The average Bonchev–Trinajstić information content (AvgIpc) is 3.62. The van der Waals surface area contributed by atoms with Crippen molar-refractivity contribution in [1.82, 2.24) is 0 Å². The number of aliphatic carboxylic acids is 1. The Balaban J connectivity index is 0.000000477. The molecule has 7 saturated carbocycles. The van der Waals surface area contributed by atoms with Crippen LogP contribution < -0.4 is 0 Å². The first-order valence-electron chi connectivity index (χ1n) is 23.2. The number of hydrogen-bond donors (Lipinski definition) is 1. The van der Waals surface area contributed by atoms with E-state index in [0.717, 1.165) is 49.7 Å². The SMILES string of the molecule is C=CC(=O)OC(C)(C)C.C=CC(=O)OC1(C)C2CC3CC(C2)CC1C3.C=CC(=O)OC1CCOC1=O.C=CC(=O)OC1CC[C@@]2(C)C(CCC3C(CCC(=O)O)C(C)(C)CCC32)C1.[HH].[HH].[HH]. The Bertz CT molecular complexity index is 1690. The van der Waals surface area contributed by atoms with Crippen molar-refractivity contribution >= 4 is 35.8 Å². The number of fused-ring (bicyclic) bond motifs is 3. The van der Waals surface area contributed by atoms with Gasteiger partial charge in [0.1, 0.15) is 17.3 Å². The molecule has 0 aromatic rings. The molecule has 1 heterocycles. The number of ether oxygens (including phenoxy) is 5. The van der Waals surface area contributed by atoms with Crippen LogP contribution >= 0.6 is 0 Å². The number of hydrogen-bond acceptors (Lipinski definition) is 11. The molecule has 8 fully saturated rings. The Hall–Kier alpha value is -4.22. The Kier molecular flexibility index (Phi) is 17.7. The standard InChI is InChI=1S/C23H36O4.C14H20O2.C7H8O4.C7H12O2.3H2/c1-5-21(26)27-16-10-13-23(4)15(14-16)6-7-17-18(8-9-20(24)25)22(2,3)12-11-19(17)23;1-3-13(15)16-14(2)11-5-9-4-10(7-11)8-12(14)6-9;1-2-6(8)11-5-3-4-10-7(5)9;1-5-6(8)9-7(2,3)4;;;/h5,15-19H,1,6-14H2,2-4H3,(H,24,25);3,9-12H,1,4-8H2,2H3;2,5H,1,3-4H2;5H,1H2,2-4H3;3*1H/t15?,16?,17?,18?,19?,23-;;;;;;/m0....../s1. The lowest BCUT2D eigenvalue weighted by Crippen LogP contribution is -2.57. The minimum atomic E-state index is -0.722. The second-order valence-corrected chi connectivity index (χ2v) is 21.1. The molecule has 7 aliphatic carbocycles. The third-order valence-corrected chi connectivity index (χ3v) is 15.6. The van der Waals surface area contributed by atoms with Crippen molar-refractivity contribution in [2.45, 2.75) is 168 Å². The topological polar surface area (TPSA) is 169 Å². The molecule has 0 radical (unpaired) electrons. The van der Waals surface area contributed by atoms with Crippen LogP contribution in [-0.2, 0) is 52.5 Å². The summed E-state index contributed by atoms with van der Waals surface area (Å²) in [5.74, 6) is 2.82. The molecular weight excluding hydrogens is 805 g/mol. The van der Waals surface area contributed by atoms with Crippen LogP contribution in [0.1, 0.15) is 149 Å². The normalized spacial score (nSPS) is 35.2. The first-order valence-corrected chi connectivity index (χ1v) is 23.2. The number of carbonyl (C=O) groups is 6. The summed E-state index contributed by atoms with van der Waals surface area (Å²) >= 11 is 0. The summed E-state index contributed by atoms with van der Waals surface area (Å²) in [7, 11) is 0. The molecule has 1 N–H and O–H groups in total. The zero-order chi connectivity index (χ0) is 46.9. The number of rotatable bonds is 10. The summed E-state index contributed by atoms with van der Waals surface area (Å²) in [4.78, 5) is 66.0.